The number of hydrogen-bond acceptors (Lipinski definition) is 3. The van der Waals surface area contributed by atoms with Gasteiger partial charge in [-0.15, -0.1) is 0 Å². The lowest BCUT2D eigenvalue weighted by molar-refractivity contribution is -0.136. The molecule has 0 saturated carbocycles. The van der Waals surface area contributed by atoms with E-state index in [2.05, 4.69) is 0 Å². The molecule has 0 radical (unpaired) electrons. The molecule has 90 valence electrons. The minimum absolute atomic E-state index is 0.0585. The number of nitriles is 1. The topological polar surface area (TPSA) is 53.3 Å². The number of carbonyl (C=O) groups excluding carboxylic acids is 1. The zero-order chi connectivity index (χ0) is 12.8. The molecule has 4 nitrogen and oxygen atoms in total. The van der Waals surface area contributed by atoms with Crippen molar-refractivity contribution in [1.82, 2.24) is 4.90 Å². The molecule has 0 aliphatic heterocycles. The van der Waals surface area contributed by atoms with Crippen molar-refractivity contribution >= 4 is 5.91 Å². The van der Waals surface area contributed by atoms with Crippen molar-refractivity contribution in [2.75, 3.05) is 13.6 Å². The van der Waals surface area contributed by atoms with E-state index in [1.807, 2.05) is 13.0 Å². The molecule has 1 atom stereocenters. The maximum Gasteiger partial charge on any atom is 0.263 e. The molecule has 0 saturated heterocycles. The van der Waals surface area contributed by atoms with Crippen molar-refractivity contribution in [3.8, 4) is 11.8 Å². The molecule has 0 spiro atoms. The van der Waals surface area contributed by atoms with Gasteiger partial charge in [0.15, 0.2) is 6.10 Å². The number of amides is 1. The maximum atomic E-state index is 11.8. The Kier molecular flexibility index (Phi) is 4.53. The minimum atomic E-state index is -0.520. The summed E-state index contributed by atoms with van der Waals surface area (Å²) in [5.41, 5.74) is 0.571. The van der Waals surface area contributed by atoms with Crippen LogP contribution in [0.5, 0.6) is 5.75 Å². The van der Waals surface area contributed by atoms with E-state index in [-0.39, 0.29) is 5.91 Å². The molecule has 1 amide bonds. The second-order valence-electron chi connectivity index (χ2n) is 3.75. The van der Waals surface area contributed by atoms with Crippen LogP contribution in [0.25, 0.3) is 0 Å². The zero-order valence-electron chi connectivity index (χ0n) is 10.3. The fourth-order valence-corrected chi connectivity index (χ4v) is 1.33. The van der Waals surface area contributed by atoms with Gasteiger partial charge in [0.25, 0.3) is 5.91 Å². The molecule has 0 bridgehead atoms. The van der Waals surface area contributed by atoms with Gasteiger partial charge in [0.2, 0.25) is 0 Å². The third-order valence-corrected chi connectivity index (χ3v) is 2.49. The molecule has 1 rings (SSSR count). The van der Waals surface area contributed by atoms with E-state index in [9.17, 15) is 4.79 Å². The summed E-state index contributed by atoms with van der Waals surface area (Å²) in [7, 11) is 1.74. The number of carbonyl (C=O) groups is 1. The molecule has 1 aromatic rings. The molecule has 0 aromatic heterocycles. The summed E-state index contributed by atoms with van der Waals surface area (Å²) in [5.74, 6) is 0.534. The number of benzene rings is 1. The standard InChI is InChI=1S/C13H16N2O2/c1-4-15(3)13(16)10(2)17-12-7-5-11(9-14)6-8-12/h5-8,10H,4H2,1-3H3. The van der Waals surface area contributed by atoms with E-state index in [0.29, 0.717) is 17.9 Å². The number of rotatable bonds is 4. The Hall–Kier alpha value is -2.02. The molecule has 17 heavy (non-hydrogen) atoms. The van der Waals surface area contributed by atoms with Crippen LogP contribution in [0.4, 0.5) is 0 Å². The smallest absolute Gasteiger partial charge is 0.263 e. The summed E-state index contributed by atoms with van der Waals surface area (Å²) in [4.78, 5) is 13.4. The zero-order valence-corrected chi connectivity index (χ0v) is 10.3. The van der Waals surface area contributed by atoms with Crippen LogP contribution in [0.2, 0.25) is 0 Å². The first-order valence-electron chi connectivity index (χ1n) is 5.50. The Morgan fingerprint density at radius 1 is 1.47 bits per heavy atom. The van der Waals surface area contributed by atoms with Crippen LogP contribution in [0.3, 0.4) is 0 Å². The lowest BCUT2D eigenvalue weighted by Gasteiger charge is -2.20. The van der Waals surface area contributed by atoms with Gasteiger partial charge in [-0.2, -0.15) is 5.26 Å². The van der Waals surface area contributed by atoms with E-state index >= 15 is 0 Å². The Morgan fingerprint density at radius 2 is 2.06 bits per heavy atom. The predicted octanol–water partition coefficient (Wildman–Crippen LogP) is 1.80. The molecule has 0 N–H and O–H groups in total. The number of likely N-dealkylation sites (N-methyl/N-ethyl adjacent to an activating group) is 1. The monoisotopic (exact) mass is 232 g/mol. The quantitative estimate of drug-likeness (QED) is 0.795. The van der Waals surface area contributed by atoms with Gasteiger partial charge < -0.3 is 9.64 Å². The van der Waals surface area contributed by atoms with Crippen molar-refractivity contribution in [3.63, 3.8) is 0 Å². The third-order valence-electron chi connectivity index (χ3n) is 2.49. The van der Waals surface area contributed by atoms with Gasteiger partial charge in [0, 0.05) is 13.6 Å². The Bertz CT molecular complexity index is 420. The van der Waals surface area contributed by atoms with Crippen molar-refractivity contribution in [3.05, 3.63) is 29.8 Å². The minimum Gasteiger partial charge on any atom is -0.481 e. The average Bonchev–Trinajstić information content (AvgIpc) is 2.37. The predicted molar refractivity (Wildman–Crippen MR) is 64.6 cm³/mol. The first-order chi connectivity index (χ1) is 8.08. The van der Waals surface area contributed by atoms with Crippen LogP contribution < -0.4 is 4.74 Å². The molecule has 1 unspecified atom stereocenters. The fraction of sp³-hybridized carbons (Fsp3) is 0.385. The summed E-state index contributed by atoms with van der Waals surface area (Å²) >= 11 is 0. The fourth-order valence-electron chi connectivity index (χ4n) is 1.33. The summed E-state index contributed by atoms with van der Waals surface area (Å²) in [6, 6.07) is 8.73. The van der Waals surface area contributed by atoms with E-state index in [0.717, 1.165) is 0 Å². The molecule has 0 aliphatic rings. The average molecular weight is 232 g/mol. The third kappa shape index (κ3) is 3.49. The first kappa shape index (κ1) is 13.0. The van der Waals surface area contributed by atoms with Gasteiger partial charge >= 0.3 is 0 Å². The van der Waals surface area contributed by atoms with Crippen molar-refractivity contribution in [2.45, 2.75) is 20.0 Å². The first-order valence-corrected chi connectivity index (χ1v) is 5.50. The summed E-state index contributed by atoms with van der Waals surface area (Å²) < 4.78 is 5.50. The highest BCUT2D eigenvalue weighted by molar-refractivity contribution is 5.80. The molecule has 0 heterocycles. The molecule has 0 aliphatic carbocycles. The Balaban J connectivity index is 2.65. The van der Waals surface area contributed by atoms with Gasteiger partial charge in [-0.25, -0.2) is 0 Å². The number of hydrogen-bond donors (Lipinski definition) is 0. The van der Waals surface area contributed by atoms with Gasteiger partial charge in [-0.3, -0.25) is 4.79 Å². The largest absolute Gasteiger partial charge is 0.481 e. The van der Waals surface area contributed by atoms with E-state index in [1.54, 1.807) is 43.1 Å². The van der Waals surface area contributed by atoms with Crippen LogP contribution in [-0.2, 0) is 4.79 Å². The van der Waals surface area contributed by atoms with Crippen molar-refractivity contribution in [1.29, 1.82) is 5.26 Å². The lowest BCUT2D eigenvalue weighted by Crippen LogP contribution is -2.37. The maximum absolute atomic E-state index is 11.8. The Labute approximate surface area is 101 Å². The van der Waals surface area contributed by atoms with Crippen LogP contribution in [0.15, 0.2) is 24.3 Å². The number of nitrogens with zero attached hydrogens (tertiary/aromatic N) is 2. The SMILES string of the molecule is CCN(C)C(=O)C(C)Oc1ccc(C#N)cc1. The highest BCUT2D eigenvalue weighted by atomic mass is 16.5. The molecular weight excluding hydrogens is 216 g/mol. The van der Waals surface area contributed by atoms with Crippen molar-refractivity contribution in [2.24, 2.45) is 0 Å². The summed E-state index contributed by atoms with van der Waals surface area (Å²) in [6.45, 7) is 4.28. The van der Waals surface area contributed by atoms with Crippen molar-refractivity contribution < 1.29 is 9.53 Å². The van der Waals surface area contributed by atoms with Crippen LogP contribution >= 0.6 is 0 Å². The lowest BCUT2D eigenvalue weighted by atomic mass is 10.2. The molecule has 4 heteroatoms. The second-order valence-corrected chi connectivity index (χ2v) is 3.75. The Morgan fingerprint density at radius 3 is 2.53 bits per heavy atom. The normalized spacial score (nSPS) is 11.4. The van der Waals surface area contributed by atoms with Gasteiger partial charge in [0.05, 0.1) is 11.6 Å². The van der Waals surface area contributed by atoms with Crippen LogP contribution in [-0.4, -0.2) is 30.5 Å². The molecule has 1 aromatic carbocycles. The highest BCUT2D eigenvalue weighted by Crippen LogP contribution is 2.14. The molecule has 0 fully saturated rings. The van der Waals surface area contributed by atoms with Gasteiger partial charge in [0.1, 0.15) is 5.75 Å². The number of ether oxygens (including phenoxy) is 1. The molecular formula is C13H16N2O2. The van der Waals surface area contributed by atoms with E-state index in [4.69, 9.17) is 10.00 Å². The summed E-state index contributed by atoms with van der Waals surface area (Å²) in [6.07, 6.45) is -0.520. The second kappa shape index (κ2) is 5.90. The van der Waals surface area contributed by atoms with Gasteiger partial charge in [-0.05, 0) is 38.1 Å². The van der Waals surface area contributed by atoms with E-state index in [1.165, 1.54) is 0 Å². The van der Waals surface area contributed by atoms with Crippen LogP contribution in [0, 0.1) is 11.3 Å². The van der Waals surface area contributed by atoms with Crippen LogP contribution in [0.1, 0.15) is 19.4 Å². The van der Waals surface area contributed by atoms with Gasteiger partial charge in [-0.1, -0.05) is 0 Å². The summed E-state index contributed by atoms with van der Waals surface area (Å²) in [5, 5.41) is 8.65. The van der Waals surface area contributed by atoms with E-state index < -0.39 is 6.10 Å². The highest BCUT2D eigenvalue weighted by Gasteiger charge is 2.17.